The number of nitro benzene ring substituents is 1. The average molecular weight is 360 g/mol. The van der Waals surface area contributed by atoms with Gasteiger partial charge in [0.15, 0.2) is 17.2 Å². The summed E-state index contributed by atoms with van der Waals surface area (Å²) in [6.07, 6.45) is 3.20. The van der Waals surface area contributed by atoms with Crippen molar-refractivity contribution in [1.29, 1.82) is 5.26 Å². The van der Waals surface area contributed by atoms with Crippen LogP contribution < -0.4 is 10.5 Å². The van der Waals surface area contributed by atoms with Gasteiger partial charge in [0.25, 0.3) is 0 Å². The van der Waals surface area contributed by atoms with E-state index in [0.29, 0.717) is 26.2 Å². The summed E-state index contributed by atoms with van der Waals surface area (Å²) in [5.41, 5.74) is 4.76. The highest BCUT2D eigenvalue weighted by atomic mass is 16.6. The highest BCUT2D eigenvalue weighted by Gasteiger charge is 2.30. The van der Waals surface area contributed by atoms with Crippen molar-refractivity contribution < 1.29 is 19.2 Å². The van der Waals surface area contributed by atoms with Crippen molar-refractivity contribution in [2.75, 3.05) is 39.6 Å². The van der Waals surface area contributed by atoms with Crippen LogP contribution in [0, 0.1) is 21.4 Å². The lowest BCUT2D eigenvalue weighted by atomic mass is 10.0. The number of hydrogen-bond acceptors (Lipinski definition) is 8. The molecule has 0 aromatic heterocycles. The summed E-state index contributed by atoms with van der Waals surface area (Å²) < 4.78 is 11.0. The van der Waals surface area contributed by atoms with E-state index in [4.69, 9.17) is 15.2 Å². The Hall–Kier alpha value is -2.96. The van der Waals surface area contributed by atoms with E-state index in [1.54, 1.807) is 12.1 Å². The van der Waals surface area contributed by atoms with Crippen LogP contribution >= 0.6 is 0 Å². The van der Waals surface area contributed by atoms with Crippen molar-refractivity contribution in [2.45, 2.75) is 12.5 Å². The van der Waals surface area contributed by atoms with Crippen LogP contribution in [0.3, 0.4) is 0 Å². The maximum atomic E-state index is 12.6. The van der Waals surface area contributed by atoms with E-state index in [0.717, 1.165) is 6.07 Å². The summed E-state index contributed by atoms with van der Waals surface area (Å²) in [6, 6.07) is 2.88. The third kappa shape index (κ3) is 4.36. The summed E-state index contributed by atoms with van der Waals surface area (Å²) in [5, 5.41) is 20.5. The number of nitriles is 1. The van der Waals surface area contributed by atoms with Crippen molar-refractivity contribution in [3.8, 4) is 11.8 Å². The Morgan fingerprint density at radius 2 is 2.35 bits per heavy atom. The third-order valence-electron chi connectivity index (χ3n) is 3.77. The quantitative estimate of drug-likeness (QED) is 0.254. The molecule has 1 aromatic carbocycles. The van der Waals surface area contributed by atoms with Crippen LogP contribution in [-0.2, 0) is 4.74 Å². The van der Waals surface area contributed by atoms with Crippen LogP contribution in [0.2, 0.25) is 0 Å². The minimum atomic E-state index is -0.748. The number of benzene rings is 1. The molecule has 0 saturated carbocycles. The van der Waals surface area contributed by atoms with Crippen LogP contribution in [0.15, 0.2) is 18.2 Å². The molecule has 9 heteroatoms. The molecule has 1 fully saturated rings. The molecule has 0 unspecified atom stereocenters. The molecule has 26 heavy (non-hydrogen) atoms. The van der Waals surface area contributed by atoms with E-state index in [2.05, 4.69) is 0 Å². The number of carbonyl (C=O) groups is 1. The first kappa shape index (κ1) is 19.4. The van der Waals surface area contributed by atoms with Gasteiger partial charge in [-0.05, 0) is 26.2 Å². The van der Waals surface area contributed by atoms with Crippen molar-refractivity contribution in [3.05, 3.63) is 39.5 Å². The monoisotopic (exact) mass is 360 g/mol. The number of ketones is 1. The molecule has 2 N–H and O–H groups in total. The van der Waals surface area contributed by atoms with Crippen LogP contribution in [0.4, 0.5) is 11.4 Å². The number of ether oxygens (including phenoxy) is 2. The number of likely N-dealkylation sites (N-methyl/N-ethyl adjacent to an activating group) is 1. The number of carbonyl (C=O) groups excluding carboxylic acids is 1. The fraction of sp³-hybridized carbons (Fsp3) is 0.412. The number of nitrogens with two attached hydrogens (primary N) is 1. The minimum Gasteiger partial charge on any atom is -0.485 e. The number of rotatable bonds is 7. The summed E-state index contributed by atoms with van der Waals surface area (Å²) in [6.45, 7) is 1.33. The SMILES string of the molecule is CN(C)CC=CC(=O)c1cc(C#N)c([N+](=O)[O-])c(N)c1O[C@H]1CCOC1. The molecular formula is C17H20N4O5. The van der Waals surface area contributed by atoms with Gasteiger partial charge in [-0.3, -0.25) is 14.9 Å². The van der Waals surface area contributed by atoms with Gasteiger partial charge in [-0.15, -0.1) is 0 Å². The van der Waals surface area contributed by atoms with Crippen LogP contribution in [0.25, 0.3) is 0 Å². The van der Waals surface area contributed by atoms with Gasteiger partial charge in [0.05, 0.1) is 23.7 Å². The van der Waals surface area contributed by atoms with Gasteiger partial charge in [-0.2, -0.15) is 5.26 Å². The molecule has 1 saturated heterocycles. The number of anilines is 1. The van der Waals surface area contributed by atoms with Crippen molar-refractivity contribution in [3.63, 3.8) is 0 Å². The molecule has 1 heterocycles. The molecule has 1 atom stereocenters. The largest absolute Gasteiger partial charge is 0.485 e. The lowest BCUT2D eigenvalue weighted by Gasteiger charge is -2.17. The highest BCUT2D eigenvalue weighted by Crippen LogP contribution is 2.39. The van der Waals surface area contributed by atoms with E-state index >= 15 is 0 Å². The predicted octanol–water partition coefficient (Wildman–Crippen LogP) is 1.52. The second-order valence-electron chi connectivity index (χ2n) is 6.06. The molecular weight excluding hydrogens is 340 g/mol. The van der Waals surface area contributed by atoms with Gasteiger partial charge in [-0.1, -0.05) is 6.08 Å². The molecule has 0 spiro atoms. The van der Waals surface area contributed by atoms with Gasteiger partial charge in [0.1, 0.15) is 17.7 Å². The second-order valence-corrected chi connectivity index (χ2v) is 6.06. The molecule has 0 aliphatic carbocycles. The first-order valence-electron chi connectivity index (χ1n) is 7.96. The topological polar surface area (TPSA) is 132 Å². The molecule has 1 aliphatic rings. The Kier molecular flexibility index (Phi) is 6.27. The summed E-state index contributed by atoms with van der Waals surface area (Å²) in [4.78, 5) is 25.0. The first-order chi connectivity index (χ1) is 12.3. The molecule has 1 aliphatic heterocycles. The maximum absolute atomic E-state index is 12.6. The van der Waals surface area contributed by atoms with Gasteiger partial charge >= 0.3 is 5.69 Å². The predicted molar refractivity (Wildman–Crippen MR) is 94.1 cm³/mol. The highest BCUT2D eigenvalue weighted by molar-refractivity contribution is 6.08. The van der Waals surface area contributed by atoms with Crippen LogP contribution in [0.5, 0.6) is 5.75 Å². The van der Waals surface area contributed by atoms with Gasteiger partial charge in [-0.25, -0.2) is 0 Å². The molecule has 2 rings (SSSR count). The Morgan fingerprint density at radius 3 is 2.88 bits per heavy atom. The van der Waals surface area contributed by atoms with Gasteiger partial charge in [0.2, 0.25) is 0 Å². The van der Waals surface area contributed by atoms with Crippen LogP contribution in [0.1, 0.15) is 22.3 Å². The second kappa shape index (κ2) is 8.42. The summed E-state index contributed by atoms with van der Waals surface area (Å²) in [5.74, 6) is -0.524. The summed E-state index contributed by atoms with van der Waals surface area (Å²) >= 11 is 0. The maximum Gasteiger partial charge on any atom is 0.313 e. The van der Waals surface area contributed by atoms with Crippen molar-refractivity contribution in [2.24, 2.45) is 0 Å². The number of nitro groups is 1. The number of nitrogen functional groups attached to an aromatic ring is 1. The van der Waals surface area contributed by atoms with Crippen molar-refractivity contribution in [1.82, 2.24) is 4.90 Å². The Labute approximate surface area is 150 Å². The lowest BCUT2D eigenvalue weighted by molar-refractivity contribution is -0.384. The molecule has 0 amide bonds. The Morgan fingerprint density at radius 1 is 1.62 bits per heavy atom. The molecule has 0 bridgehead atoms. The average Bonchev–Trinajstić information content (AvgIpc) is 3.08. The zero-order valence-corrected chi connectivity index (χ0v) is 14.6. The number of nitrogens with zero attached hydrogens (tertiary/aromatic N) is 3. The number of allylic oxidation sites excluding steroid dienone is 1. The molecule has 1 aromatic rings. The fourth-order valence-electron chi connectivity index (χ4n) is 2.50. The van der Waals surface area contributed by atoms with Gasteiger partial charge in [0, 0.05) is 13.0 Å². The number of hydrogen-bond donors (Lipinski definition) is 1. The first-order valence-corrected chi connectivity index (χ1v) is 7.96. The zero-order valence-electron chi connectivity index (χ0n) is 14.6. The lowest BCUT2D eigenvalue weighted by Crippen LogP contribution is -2.19. The zero-order chi connectivity index (χ0) is 19.3. The van der Waals surface area contributed by atoms with E-state index in [9.17, 15) is 20.2 Å². The van der Waals surface area contributed by atoms with E-state index < -0.39 is 16.4 Å². The Balaban J connectivity index is 2.51. The Bertz CT molecular complexity index is 776. The van der Waals surface area contributed by atoms with E-state index in [-0.39, 0.29) is 28.7 Å². The van der Waals surface area contributed by atoms with Gasteiger partial charge < -0.3 is 20.1 Å². The fourth-order valence-corrected chi connectivity index (χ4v) is 2.50. The van der Waals surface area contributed by atoms with Crippen molar-refractivity contribution >= 4 is 17.2 Å². The summed E-state index contributed by atoms with van der Waals surface area (Å²) in [7, 11) is 3.70. The molecule has 138 valence electrons. The standard InChI is InChI=1S/C17H20N4O5/c1-20(2)6-3-4-14(22)13-8-11(9-18)16(21(23)24)15(19)17(13)26-12-5-7-25-10-12/h3-4,8,12H,5-7,10,19H2,1-2H3/t12-/m0/s1. The molecule has 9 nitrogen and oxygen atoms in total. The third-order valence-corrected chi connectivity index (χ3v) is 3.77. The van der Waals surface area contributed by atoms with E-state index in [1.807, 2.05) is 19.0 Å². The van der Waals surface area contributed by atoms with E-state index in [1.165, 1.54) is 6.08 Å². The minimum absolute atomic E-state index is 0.0200. The van der Waals surface area contributed by atoms with Crippen LogP contribution in [-0.4, -0.2) is 55.6 Å². The normalized spacial score (nSPS) is 16.8. The smallest absolute Gasteiger partial charge is 0.313 e. The molecule has 0 radical (unpaired) electrons.